The number of carbonyl (C=O) groups is 1. The van der Waals surface area contributed by atoms with Crippen molar-refractivity contribution in [3.05, 3.63) is 29.8 Å². The molecule has 2 amide bonds. The van der Waals surface area contributed by atoms with E-state index in [9.17, 15) is 4.79 Å². The summed E-state index contributed by atoms with van der Waals surface area (Å²) in [5.41, 5.74) is 7.38. The zero-order valence-corrected chi connectivity index (χ0v) is 11.3. The number of hydrogen-bond donors (Lipinski definition) is 2. The first-order valence-corrected chi connectivity index (χ1v) is 6.61. The predicted molar refractivity (Wildman–Crippen MR) is 75.0 cm³/mol. The Balaban J connectivity index is 1.95. The minimum absolute atomic E-state index is 0.0823. The van der Waals surface area contributed by atoms with Gasteiger partial charge in [-0.25, -0.2) is 4.79 Å². The van der Waals surface area contributed by atoms with Gasteiger partial charge in [-0.3, -0.25) is 0 Å². The molecule has 0 saturated carbocycles. The molecule has 1 aromatic carbocycles. The van der Waals surface area contributed by atoms with Gasteiger partial charge in [-0.1, -0.05) is 12.1 Å². The van der Waals surface area contributed by atoms with Crippen molar-refractivity contribution in [3.63, 3.8) is 0 Å². The summed E-state index contributed by atoms with van der Waals surface area (Å²) >= 11 is 0. The molecule has 0 spiro atoms. The van der Waals surface area contributed by atoms with E-state index in [1.54, 1.807) is 4.90 Å². The van der Waals surface area contributed by atoms with E-state index in [1.807, 2.05) is 31.3 Å². The standard InChI is InChI=1S/C14H21N3O2/c1-17(13-5-7-19-8-6-13)14(18)16-12-4-2-3-11(9-12)10-15/h2-4,9,13H,5-8,10,15H2,1H3,(H,16,18). The second-order valence-electron chi connectivity index (χ2n) is 4.79. The highest BCUT2D eigenvalue weighted by atomic mass is 16.5. The monoisotopic (exact) mass is 263 g/mol. The van der Waals surface area contributed by atoms with E-state index in [-0.39, 0.29) is 12.1 Å². The molecule has 1 fully saturated rings. The number of anilines is 1. The van der Waals surface area contributed by atoms with Gasteiger partial charge in [0.25, 0.3) is 0 Å². The van der Waals surface area contributed by atoms with Crippen LogP contribution in [0.4, 0.5) is 10.5 Å². The van der Waals surface area contributed by atoms with Crippen molar-refractivity contribution in [2.24, 2.45) is 5.73 Å². The molecule has 2 rings (SSSR count). The highest BCUT2D eigenvalue weighted by molar-refractivity contribution is 5.89. The second-order valence-corrected chi connectivity index (χ2v) is 4.79. The first kappa shape index (κ1) is 13.8. The summed E-state index contributed by atoms with van der Waals surface area (Å²) in [7, 11) is 1.83. The van der Waals surface area contributed by atoms with Crippen LogP contribution in [0, 0.1) is 0 Å². The van der Waals surface area contributed by atoms with Crippen LogP contribution in [0.15, 0.2) is 24.3 Å². The van der Waals surface area contributed by atoms with Crippen LogP contribution in [0.2, 0.25) is 0 Å². The first-order valence-electron chi connectivity index (χ1n) is 6.61. The minimum atomic E-state index is -0.0823. The Hall–Kier alpha value is -1.59. The number of carbonyl (C=O) groups excluding carboxylic acids is 1. The fourth-order valence-corrected chi connectivity index (χ4v) is 2.23. The van der Waals surface area contributed by atoms with Gasteiger partial charge in [-0.2, -0.15) is 0 Å². The Morgan fingerprint density at radius 2 is 2.21 bits per heavy atom. The van der Waals surface area contributed by atoms with Crippen molar-refractivity contribution >= 4 is 11.7 Å². The fourth-order valence-electron chi connectivity index (χ4n) is 2.23. The van der Waals surface area contributed by atoms with Gasteiger partial charge in [0.1, 0.15) is 0 Å². The van der Waals surface area contributed by atoms with Crippen molar-refractivity contribution in [2.45, 2.75) is 25.4 Å². The lowest BCUT2D eigenvalue weighted by Gasteiger charge is -2.31. The van der Waals surface area contributed by atoms with Gasteiger partial charge in [0.15, 0.2) is 0 Å². The van der Waals surface area contributed by atoms with E-state index < -0.39 is 0 Å². The van der Waals surface area contributed by atoms with Gasteiger partial charge in [0.2, 0.25) is 0 Å². The van der Waals surface area contributed by atoms with Crippen LogP contribution in [0.5, 0.6) is 0 Å². The van der Waals surface area contributed by atoms with E-state index >= 15 is 0 Å². The molecular formula is C14H21N3O2. The number of nitrogens with two attached hydrogens (primary N) is 1. The van der Waals surface area contributed by atoms with Crippen LogP contribution < -0.4 is 11.1 Å². The second kappa shape index (κ2) is 6.54. The Labute approximate surface area is 113 Å². The molecule has 1 aromatic rings. The summed E-state index contributed by atoms with van der Waals surface area (Å²) in [5, 5.41) is 2.90. The van der Waals surface area contributed by atoms with Crippen molar-refractivity contribution in [2.75, 3.05) is 25.6 Å². The van der Waals surface area contributed by atoms with E-state index in [0.717, 1.165) is 37.3 Å². The summed E-state index contributed by atoms with van der Waals surface area (Å²) in [5.74, 6) is 0. The molecule has 1 aliphatic heterocycles. The third-order valence-electron chi connectivity index (χ3n) is 3.47. The summed E-state index contributed by atoms with van der Waals surface area (Å²) in [4.78, 5) is 13.9. The van der Waals surface area contributed by atoms with Gasteiger partial charge in [-0.15, -0.1) is 0 Å². The number of ether oxygens (including phenoxy) is 1. The Morgan fingerprint density at radius 3 is 2.89 bits per heavy atom. The van der Waals surface area contributed by atoms with E-state index in [2.05, 4.69) is 5.32 Å². The summed E-state index contributed by atoms with van der Waals surface area (Å²) < 4.78 is 5.31. The van der Waals surface area contributed by atoms with Crippen molar-refractivity contribution < 1.29 is 9.53 Å². The zero-order chi connectivity index (χ0) is 13.7. The molecule has 0 bridgehead atoms. The topological polar surface area (TPSA) is 67.6 Å². The molecule has 104 valence electrons. The average Bonchev–Trinajstić information content (AvgIpc) is 2.47. The molecule has 19 heavy (non-hydrogen) atoms. The number of nitrogens with one attached hydrogen (secondary N) is 1. The average molecular weight is 263 g/mol. The number of amides is 2. The lowest BCUT2D eigenvalue weighted by atomic mass is 10.1. The van der Waals surface area contributed by atoms with Gasteiger partial charge in [-0.05, 0) is 30.5 Å². The largest absolute Gasteiger partial charge is 0.381 e. The third kappa shape index (κ3) is 3.68. The molecule has 0 aromatic heterocycles. The van der Waals surface area contributed by atoms with Crippen molar-refractivity contribution in [3.8, 4) is 0 Å². The van der Waals surface area contributed by atoms with Crippen LogP contribution in [-0.4, -0.2) is 37.2 Å². The normalized spacial score (nSPS) is 16.1. The lowest BCUT2D eigenvalue weighted by molar-refractivity contribution is 0.0544. The smallest absolute Gasteiger partial charge is 0.321 e. The van der Waals surface area contributed by atoms with Crippen molar-refractivity contribution in [1.29, 1.82) is 0 Å². The molecule has 1 saturated heterocycles. The lowest BCUT2D eigenvalue weighted by Crippen LogP contribution is -2.42. The molecule has 5 heteroatoms. The maximum atomic E-state index is 12.2. The molecule has 3 N–H and O–H groups in total. The first-order chi connectivity index (χ1) is 9.20. The van der Waals surface area contributed by atoms with Crippen LogP contribution in [0.25, 0.3) is 0 Å². The number of nitrogens with zero attached hydrogens (tertiary/aromatic N) is 1. The molecule has 1 heterocycles. The van der Waals surface area contributed by atoms with E-state index in [1.165, 1.54) is 0 Å². The summed E-state index contributed by atoms with van der Waals surface area (Å²) in [6.07, 6.45) is 1.79. The van der Waals surface area contributed by atoms with Gasteiger partial charge in [0, 0.05) is 38.5 Å². The molecular weight excluding hydrogens is 242 g/mol. The Morgan fingerprint density at radius 1 is 1.47 bits per heavy atom. The van der Waals surface area contributed by atoms with Crippen LogP contribution >= 0.6 is 0 Å². The highest BCUT2D eigenvalue weighted by Gasteiger charge is 2.22. The number of urea groups is 1. The fraction of sp³-hybridized carbons (Fsp3) is 0.500. The number of hydrogen-bond acceptors (Lipinski definition) is 3. The maximum absolute atomic E-state index is 12.2. The maximum Gasteiger partial charge on any atom is 0.321 e. The quantitative estimate of drug-likeness (QED) is 0.873. The Bertz CT molecular complexity index is 430. The molecule has 0 radical (unpaired) electrons. The van der Waals surface area contributed by atoms with Gasteiger partial charge >= 0.3 is 6.03 Å². The van der Waals surface area contributed by atoms with Crippen LogP contribution in [0.1, 0.15) is 18.4 Å². The van der Waals surface area contributed by atoms with Gasteiger partial charge in [0.05, 0.1) is 0 Å². The zero-order valence-electron chi connectivity index (χ0n) is 11.3. The number of benzene rings is 1. The summed E-state index contributed by atoms with van der Waals surface area (Å²) in [6, 6.07) is 7.78. The molecule has 0 aliphatic carbocycles. The molecule has 0 unspecified atom stereocenters. The van der Waals surface area contributed by atoms with Gasteiger partial charge < -0.3 is 20.7 Å². The molecule has 0 atom stereocenters. The summed E-state index contributed by atoms with van der Waals surface area (Å²) in [6.45, 7) is 1.93. The Kier molecular flexibility index (Phi) is 4.76. The van der Waals surface area contributed by atoms with E-state index in [0.29, 0.717) is 6.54 Å². The minimum Gasteiger partial charge on any atom is -0.381 e. The van der Waals surface area contributed by atoms with Crippen LogP contribution in [0.3, 0.4) is 0 Å². The highest BCUT2D eigenvalue weighted by Crippen LogP contribution is 2.15. The van der Waals surface area contributed by atoms with Crippen molar-refractivity contribution in [1.82, 2.24) is 4.90 Å². The van der Waals surface area contributed by atoms with Crippen LogP contribution in [-0.2, 0) is 11.3 Å². The number of rotatable bonds is 3. The molecule has 5 nitrogen and oxygen atoms in total. The van der Waals surface area contributed by atoms with E-state index in [4.69, 9.17) is 10.5 Å². The third-order valence-corrected chi connectivity index (χ3v) is 3.47. The SMILES string of the molecule is CN(C(=O)Nc1cccc(CN)c1)C1CCOCC1. The predicted octanol–water partition coefficient (Wildman–Crippen LogP) is 1.79. The molecule has 1 aliphatic rings.